The number of pyridine rings is 1. The van der Waals surface area contributed by atoms with E-state index in [1.807, 2.05) is 12.2 Å². The van der Waals surface area contributed by atoms with Crippen molar-refractivity contribution >= 4 is 72.1 Å². The zero-order valence-electron chi connectivity index (χ0n) is 29.7. The highest BCUT2D eigenvalue weighted by molar-refractivity contribution is 6.22. The molecule has 0 N–H and O–H groups in total. The van der Waals surface area contributed by atoms with Gasteiger partial charge < -0.3 is 4.57 Å². The number of nitrogens with zero attached hydrogens (tertiary/aromatic N) is 3. The second-order valence-electron chi connectivity index (χ2n) is 14.8. The highest BCUT2D eigenvalue weighted by atomic mass is 15.0. The Bertz CT molecular complexity index is 3240. The maximum atomic E-state index is 5.06. The second kappa shape index (κ2) is 10.7. The largest absolute Gasteiger partial charge is 0.309 e. The fraction of sp³-hybridized carbons (Fsp3) is 0.0600. The van der Waals surface area contributed by atoms with Gasteiger partial charge in [-0.05, 0) is 98.8 Å². The highest BCUT2D eigenvalue weighted by Gasteiger charge is 2.35. The van der Waals surface area contributed by atoms with Crippen LogP contribution in [-0.4, -0.2) is 14.0 Å². The molecule has 0 radical (unpaired) electrons. The number of hydrogen-bond acceptors (Lipinski definition) is 1. The van der Waals surface area contributed by atoms with Gasteiger partial charge in [0.1, 0.15) is 5.65 Å². The third kappa shape index (κ3) is 3.91. The molecule has 0 bridgehead atoms. The van der Waals surface area contributed by atoms with Crippen LogP contribution in [0.4, 0.5) is 0 Å². The van der Waals surface area contributed by atoms with E-state index < -0.39 is 0 Å². The SMILES string of the molecule is C=Cc1nc2c3ccc(-n4c5ccccc5c5cc(-c6ccc7c(c6)C(C)(C)c6ccccc6-7)c6ccccc6c54)cc3c3ccccc3n2c1C=C. The zero-order valence-corrected chi connectivity index (χ0v) is 29.7. The maximum absolute atomic E-state index is 5.06. The predicted octanol–water partition coefficient (Wildman–Crippen LogP) is 13.2. The molecule has 11 rings (SSSR count). The fourth-order valence-corrected chi connectivity index (χ4v) is 9.41. The van der Waals surface area contributed by atoms with Crippen LogP contribution in [-0.2, 0) is 5.41 Å². The van der Waals surface area contributed by atoms with Crippen molar-refractivity contribution in [1.29, 1.82) is 0 Å². The standard InChI is InChI=1S/C50H35N3/c1-5-44-45(6-2)53-47-22-14-10-17-35(47)40-28-31(24-26-38(40)49(53)51-44)52-46-21-13-11-18-36(46)41-29-39(32-15-7-8-19-37(32)48(41)52)30-23-25-34-33-16-9-12-20-42(33)50(3,4)43(34)27-30/h5-29H,1-2H2,3-4H3. The Kier molecular flexibility index (Phi) is 6.03. The summed E-state index contributed by atoms with van der Waals surface area (Å²) in [6.45, 7) is 12.9. The molecule has 7 aromatic carbocycles. The molecular formula is C50H35N3. The smallest absolute Gasteiger partial charge is 0.146 e. The minimum absolute atomic E-state index is 0.0689. The van der Waals surface area contributed by atoms with Gasteiger partial charge in [0, 0.05) is 38.0 Å². The molecule has 0 saturated heterocycles. The van der Waals surface area contributed by atoms with Gasteiger partial charge >= 0.3 is 0 Å². The Morgan fingerprint density at radius 3 is 2.00 bits per heavy atom. The quantitative estimate of drug-likeness (QED) is 0.170. The van der Waals surface area contributed by atoms with Gasteiger partial charge in [-0.15, -0.1) is 0 Å². The van der Waals surface area contributed by atoms with Gasteiger partial charge in [0.25, 0.3) is 0 Å². The van der Waals surface area contributed by atoms with Crippen molar-refractivity contribution in [3.05, 3.63) is 175 Å². The number of hydrogen-bond donors (Lipinski definition) is 0. The molecule has 0 amide bonds. The summed E-state index contributed by atoms with van der Waals surface area (Å²) < 4.78 is 4.68. The Hall–Kier alpha value is -6.71. The van der Waals surface area contributed by atoms with Crippen molar-refractivity contribution in [2.45, 2.75) is 19.3 Å². The summed E-state index contributed by atoms with van der Waals surface area (Å²) in [5.74, 6) is 0. The van der Waals surface area contributed by atoms with Gasteiger partial charge in [0.15, 0.2) is 0 Å². The van der Waals surface area contributed by atoms with Crippen molar-refractivity contribution in [3.8, 4) is 27.9 Å². The van der Waals surface area contributed by atoms with E-state index in [9.17, 15) is 0 Å². The van der Waals surface area contributed by atoms with Crippen molar-refractivity contribution < 1.29 is 0 Å². The number of imidazole rings is 1. The molecule has 10 aromatic rings. The highest BCUT2D eigenvalue weighted by Crippen LogP contribution is 2.50. The first kappa shape index (κ1) is 30.0. The maximum Gasteiger partial charge on any atom is 0.146 e. The van der Waals surface area contributed by atoms with Gasteiger partial charge in [-0.2, -0.15) is 0 Å². The number of aromatic nitrogens is 3. The van der Waals surface area contributed by atoms with Crippen LogP contribution >= 0.6 is 0 Å². The summed E-state index contributed by atoms with van der Waals surface area (Å²) in [5.41, 5.74) is 15.2. The van der Waals surface area contributed by atoms with E-state index in [4.69, 9.17) is 4.98 Å². The lowest BCUT2D eigenvalue weighted by atomic mass is 9.81. The Labute approximate surface area is 307 Å². The molecule has 3 heteroatoms. The molecule has 0 atom stereocenters. The molecule has 1 aliphatic carbocycles. The van der Waals surface area contributed by atoms with Gasteiger partial charge in [0.2, 0.25) is 0 Å². The van der Waals surface area contributed by atoms with E-state index in [-0.39, 0.29) is 5.41 Å². The summed E-state index contributed by atoms with van der Waals surface area (Å²) in [7, 11) is 0. The van der Waals surface area contributed by atoms with E-state index in [1.54, 1.807) is 0 Å². The Morgan fingerprint density at radius 2 is 1.21 bits per heavy atom. The first-order valence-electron chi connectivity index (χ1n) is 18.3. The van der Waals surface area contributed by atoms with E-state index in [0.717, 1.165) is 39.0 Å². The summed E-state index contributed by atoms with van der Waals surface area (Å²) in [6.07, 6.45) is 3.70. The molecule has 0 aliphatic heterocycles. The van der Waals surface area contributed by atoms with Crippen molar-refractivity contribution in [2.24, 2.45) is 0 Å². The van der Waals surface area contributed by atoms with Gasteiger partial charge in [0.05, 0.1) is 27.9 Å². The topological polar surface area (TPSA) is 22.2 Å². The minimum Gasteiger partial charge on any atom is -0.309 e. The molecule has 0 spiro atoms. The van der Waals surface area contributed by atoms with Crippen LogP contribution in [0, 0.1) is 0 Å². The zero-order chi connectivity index (χ0) is 35.6. The molecule has 250 valence electrons. The number of para-hydroxylation sites is 2. The molecule has 3 nitrogen and oxygen atoms in total. The molecule has 3 aromatic heterocycles. The first-order chi connectivity index (χ1) is 26.0. The molecular weight excluding hydrogens is 643 g/mol. The fourth-order valence-electron chi connectivity index (χ4n) is 9.41. The van der Waals surface area contributed by atoms with Crippen molar-refractivity contribution in [3.63, 3.8) is 0 Å². The predicted molar refractivity (Wildman–Crippen MR) is 225 cm³/mol. The normalized spacial score (nSPS) is 13.4. The van der Waals surface area contributed by atoms with Crippen molar-refractivity contribution in [2.75, 3.05) is 0 Å². The summed E-state index contributed by atoms with van der Waals surface area (Å²) in [5, 5.41) is 8.40. The number of rotatable bonds is 4. The van der Waals surface area contributed by atoms with Crippen LogP contribution < -0.4 is 0 Å². The number of benzene rings is 7. The van der Waals surface area contributed by atoms with E-state index >= 15 is 0 Å². The van der Waals surface area contributed by atoms with E-state index in [1.165, 1.54) is 71.3 Å². The molecule has 3 heterocycles. The van der Waals surface area contributed by atoms with Crippen LogP contribution in [0.1, 0.15) is 36.4 Å². The van der Waals surface area contributed by atoms with Crippen LogP contribution in [0.3, 0.4) is 0 Å². The summed E-state index contributed by atoms with van der Waals surface area (Å²) in [4.78, 5) is 5.06. The van der Waals surface area contributed by atoms with Crippen LogP contribution in [0.15, 0.2) is 153 Å². The van der Waals surface area contributed by atoms with Crippen LogP contribution in [0.2, 0.25) is 0 Å². The lowest BCUT2D eigenvalue weighted by Crippen LogP contribution is -2.14. The number of fused-ring (bicyclic) bond motifs is 14. The molecule has 0 saturated carbocycles. The monoisotopic (exact) mass is 677 g/mol. The van der Waals surface area contributed by atoms with E-state index in [0.29, 0.717) is 0 Å². The second-order valence-corrected chi connectivity index (χ2v) is 14.8. The molecule has 0 unspecified atom stereocenters. The average Bonchev–Trinajstić information content (AvgIpc) is 3.83. The lowest BCUT2D eigenvalue weighted by molar-refractivity contribution is 0.660. The van der Waals surface area contributed by atoms with Crippen LogP contribution in [0.5, 0.6) is 0 Å². The lowest BCUT2D eigenvalue weighted by Gasteiger charge is -2.22. The average molecular weight is 678 g/mol. The third-order valence-electron chi connectivity index (χ3n) is 11.8. The Balaban J connectivity index is 1.20. The van der Waals surface area contributed by atoms with Crippen LogP contribution in [0.25, 0.3) is 100.0 Å². The van der Waals surface area contributed by atoms with Gasteiger partial charge in [-0.25, -0.2) is 4.98 Å². The summed E-state index contributed by atoms with van der Waals surface area (Å²) >= 11 is 0. The summed E-state index contributed by atoms with van der Waals surface area (Å²) in [6, 6.07) is 51.6. The molecule has 1 aliphatic rings. The first-order valence-corrected chi connectivity index (χ1v) is 18.3. The van der Waals surface area contributed by atoms with E-state index in [2.05, 4.69) is 175 Å². The minimum atomic E-state index is -0.0689. The van der Waals surface area contributed by atoms with Crippen molar-refractivity contribution in [1.82, 2.24) is 14.0 Å². The molecule has 0 fully saturated rings. The van der Waals surface area contributed by atoms with Gasteiger partial charge in [-0.3, -0.25) is 4.40 Å². The van der Waals surface area contributed by atoms with Gasteiger partial charge in [-0.1, -0.05) is 124 Å². The molecule has 53 heavy (non-hydrogen) atoms. The Morgan fingerprint density at radius 1 is 0.528 bits per heavy atom. The third-order valence-corrected chi connectivity index (χ3v) is 11.8.